The highest BCUT2D eigenvalue weighted by molar-refractivity contribution is 9.10. The van der Waals surface area contributed by atoms with Crippen molar-refractivity contribution in [3.05, 3.63) is 52.2 Å². The second-order valence-corrected chi connectivity index (χ2v) is 6.70. The number of hydrogen-bond donors (Lipinski definition) is 0. The van der Waals surface area contributed by atoms with Gasteiger partial charge in [-0.1, -0.05) is 11.2 Å². The first kappa shape index (κ1) is 16.0. The normalized spacial score (nSPS) is 17.5. The van der Waals surface area contributed by atoms with Gasteiger partial charge < -0.3 is 13.8 Å². The summed E-state index contributed by atoms with van der Waals surface area (Å²) in [4.78, 5) is 18.1. The van der Waals surface area contributed by atoms with Gasteiger partial charge in [-0.15, -0.1) is 0 Å². The van der Waals surface area contributed by atoms with E-state index in [1.54, 1.807) is 24.3 Å². The summed E-state index contributed by atoms with van der Waals surface area (Å²) in [5.74, 6) is 0.245. The summed E-state index contributed by atoms with van der Waals surface area (Å²) in [6.07, 6.45) is 0.203. The quantitative estimate of drug-likeness (QED) is 0.656. The van der Waals surface area contributed by atoms with Gasteiger partial charge in [0.15, 0.2) is 16.3 Å². The van der Waals surface area contributed by atoms with Crippen molar-refractivity contribution in [1.29, 1.82) is 0 Å². The Morgan fingerprint density at radius 2 is 2.16 bits per heavy atom. The molecule has 0 radical (unpaired) electrons. The number of benzene rings is 1. The second-order valence-electron chi connectivity index (χ2n) is 5.92. The first-order chi connectivity index (χ1) is 12.0. The zero-order valence-corrected chi connectivity index (χ0v) is 14.8. The van der Waals surface area contributed by atoms with E-state index >= 15 is 0 Å². The maximum atomic E-state index is 14.1. The van der Waals surface area contributed by atoms with E-state index in [4.69, 9.17) is 8.94 Å². The van der Waals surface area contributed by atoms with Crippen LogP contribution in [0.1, 0.15) is 23.7 Å². The number of furan rings is 1. The Morgan fingerprint density at radius 1 is 1.32 bits per heavy atom. The number of aromatic nitrogens is 2. The summed E-state index contributed by atoms with van der Waals surface area (Å²) in [5.41, 5.74) is 1.17. The van der Waals surface area contributed by atoms with Crippen LogP contribution in [0.15, 0.2) is 43.9 Å². The SMILES string of the molecule is Cc1ccc(F)c(N2CC(c3noc(-c4ccc(Br)o4)n3)CC2=O)c1. The van der Waals surface area contributed by atoms with Crippen molar-refractivity contribution in [2.75, 3.05) is 11.4 Å². The van der Waals surface area contributed by atoms with Gasteiger partial charge in [0.25, 0.3) is 5.89 Å². The third-order valence-corrected chi connectivity index (χ3v) is 4.53. The number of hydrogen-bond acceptors (Lipinski definition) is 5. The zero-order chi connectivity index (χ0) is 17.6. The van der Waals surface area contributed by atoms with E-state index in [0.29, 0.717) is 22.8 Å². The van der Waals surface area contributed by atoms with E-state index < -0.39 is 5.82 Å². The molecule has 0 bridgehead atoms. The molecule has 1 saturated heterocycles. The van der Waals surface area contributed by atoms with Crippen LogP contribution in [0, 0.1) is 12.7 Å². The monoisotopic (exact) mass is 405 g/mol. The first-order valence-corrected chi connectivity index (χ1v) is 8.46. The zero-order valence-electron chi connectivity index (χ0n) is 13.2. The Balaban J connectivity index is 1.58. The van der Waals surface area contributed by atoms with E-state index in [0.717, 1.165) is 5.56 Å². The Hall–Kier alpha value is -2.48. The number of carbonyl (C=O) groups excluding carboxylic acids is 1. The van der Waals surface area contributed by atoms with Crippen LogP contribution in [-0.2, 0) is 4.79 Å². The lowest BCUT2D eigenvalue weighted by Gasteiger charge is -2.17. The first-order valence-electron chi connectivity index (χ1n) is 7.67. The van der Waals surface area contributed by atoms with Crippen molar-refractivity contribution in [2.24, 2.45) is 0 Å². The van der Waals surface area contributed by atoms with Gasteiger partial charge in [0.1, 0.15) is 5.82 Å². The fourth-order valence-electron chi connectivity index (χ4n) is 2.87. The number of rotatable bonds is 3. The maximum Gasteiger partial charge on any atom is 0.293 e. The number of carbonyl (C=O) groups is 1. The van der Waals surface area contributed by atoms with Gasteiger partial charge in [-0.2, -0.15) is 4.98 Å². The van der Waals surface area contributed by atoms with Crippen molar-refractivity contribution >= 4 is 27.5 Å². The molecule has 0 aliphatic carbocycles. The minimum atomic E-state index is -0.422. The molecule has 0 saturated carbocycles. The number of anilines is 1. The van der Waals surface area contributed by atoms with E-state index in [-0.39, 0.29) is 29.8 Å². The summed E-state index contributed by atoms with van der Waals surface area (Å²) < 4.78 is 25.2. The minimum absolute atomic E-state index is 0.165. The Kier molecular flexibility index (Phi) is 3.91. The minimum Gasteiger partial charge on any atom is -0.444 e. The molecule has 4 rings (SSSR count). The van der Waals surface area contributed by atoms with E-state index in [2.05, 4.69) is 26.1 Å². The van der Waals surface area contributed by atoms with Crippen molar-refractivity contribution in [3.8, 4) is 11.7 Å². The van der Waals surface area contributed by atoms with Crippen molar-refractivity contribution in [2.45, 2.75) is 19.3 Å². The molecule has 1 atom stereocenters. The molecule has 2 aromatic heterocycles. The summed E-state index contributed by atoms with van der Waals surface area (Å²) >= 11 is 3.21. The highest BCUT2D eigenvalue weighted by Gasteiger charge is 2.36. The molecule has 3 heterocycles. The van der Waals surface area contributed by atoms with Crippen LogP contribution in [-0.4, -0.2) is 22.6 Å². The van der Waals surface area contributed by atoms with Gasteiger partial charge in [-0.25, -0.2) is 4.39 Å². The van der Waals surface area contributed by atoms with Gasteiger partial charge >= 0.3 is 0 Å². The van der Waals surface area contributed by atoms with Crippen LogP contribution in [0.5, 0.6) is 0 Å². The average molecular weight is 406 g/mol. The van der Waals surface area contributed by atoms with Crippen LogP contribution in [0.3, 0.4) is 0 Å². The molecule has 1 unspecified atom stereocenters. The molecular formula is C17H13BrFN3O3. The molecule has 1 aliphatic rings. The van der Waals surface area contributed by atoms with Gasteiger partial charge in [-0.05, 0) is 52.7 Å². The van der Waals surface area contributed by atoms with Crippen molar-refractivity contribution in [3.63, 3.8) is 0 Å². The van der Waals surface area contributed by atoms with Crippen LogP contribution < -0.4 is 4.90 Å². The smallest absolute Gasteiger partial charge is 0.293 e. The summed E-state index contributed by atoms with van der Waals surface area (Å²) in [6.45, 7) is 2.16. The summed E-state index contributed by atoms with van der Waals surface area (Å²) in [6, 6.07) is 8.13. The Morgan fingerprint density at radius 3 is 2.92 bits per heavy atom. The number of amides is 1. The van der Waals surface area contributed by atoms with E-state index in [1.807, 2.05) is 6.92 Å². The molecule has 25 heavy (non-hydrogen) atoms. The fourth-order valence-corrected chi connectivity index (χ4v) is 3.18. The molecule has 1 aromatic carbocycles. The summed E-state index contributed by atoms with van der Waals surface area (Å²) in [5, 5.41) is 3.95. The van der Waals surface area contributed by atoms with Gasteiger partial charge in [0.05, 0.1) is 5.69 Å². The van der Waals surface area contributed by atoms with Crippen molar-refractivity contribution < 1.29 is 18.1 Å². The van der Waals surface area contributed by atoms with Gasteiger partial charge in [0.2, 0.25) is 5.91 Å². The lowest BCUT2D eigenvalue weighted by atomic mass is 10.1. The molecule has 3 aromatic rings. The van der Waals surface area contributed by atoms with Crippen LogP contribution in [0.4, 0.5) is 10.1 Å². The molecule has 1 fully saturated rings. The topological polar surface area (TPSA) is 72.4 Å². The van der Waals surface area contributed by atoms with Crippen molar-refractivity contribution in [1.82, 2.24) is 10.1 Å². The molecule has 0 N–H and O–H groups in total. The predicted molar refractivity (Wildman–Crippen MR) is 90.5 cm³/mol. The molecule has 1 amide bonds. The molecule has 6 nitrogen and oxygen atoms in total. The van der Waals surface area contributed by atoms with Gasteiger partial charge in [-0.3, -0.25) is 4.79 Å². The summed E-state index contributed by atoms with van der Waals surface area (Å²) in [7, 11) is 0. The highest BCUT2D eigenvalue weighted by atomic mass is 79.9. The molecular weight excluding hydrogens is 393 g/mol. The average Bonchev–Trinajstić information content (AvgIpc) is 3.29. The molecule has 128 valence electrons. The van der Waals surface area contributed by atoms with Crippen LogP contribution in [0.25, 0.3) is 11.7 Å². The second kappa shape index (κ2) is 6.11. The lowest BCUT2D eigenvalue weighted by molar-refractivity contribution is -0.117. The fraction of sp³-hybridized carbons (Fsp3) is 0.235. The van der Waals surface area contributed by atoms with Gasteiger partial charge in [0, 0.05) is 18.9 Å². The number of aryl methyl sites for hydroxylation is 1. The Labute approximate surface area is 150 Å². The molecule has 1 aliphatic heterocycles. The molecule has 0 spiro atoms. The van der Waals surface area contributed by atoms with Crippen LogP contribution >= 0.6 is 15.9 Å². The van der Waals surface area contributed by atoms with E-state index in [9.17, 15) is 9.18 Å². The van der Waals surface area contributed by atoms with Crippen LogP contribution in [0.2, 0.25) is 0 Å². The third-order valence-electron chi connectivity index (χ3n) is 4.11. The number of nitrogens with zero attached hydrogens (tertiary/aromatic N) is 3. The van der Waals surface area contributed by atoms with E-state index in [1.165, 1.54) is 11.0 Å². The Bertz CT molecular complexity index is 952. The number of halogens is 2. The standard InChI is InChI=1S/C17H13BrFN3O3/c1-9-2-3-11(19)12(6-9)22-8-10(7-15(22)23)16-20-17(25-21-16)13-4-5-14(18)24-13/h2-6,10H,7-8H2,1H3. The molecule has 8 heteroatoms. The maximum absolute atomic E-state index is 14.1. The largest absolute Gasteiger partial charge is 0.444 e. The predicted octanol–water partition coefficient (Wildman–Crippen LogP) is 4.06. The third kappa shape index (κ3) is 2.97. The highest BCUT2D eigenvalue weighted by Crippen LogP contribution is 2.33. The lowest BCUT2D eigenvalue weighted by Crippen LogP contribution is -2.25.